The summed E-state index contributed by atoms with van der Waals surface area (Å²) in [5, 5.41) is 0. The van der Waals surface area contributed by atoms with Crippen molar-refractivity contribution in [1.82, 2.24) is 4.90 Å². The zero-order valence-electron chi connectivity index (χ0n) is 13.5. The molecule has 1 amide bonds. The van der Waals surface area contributed by atoms with E-state index in [0.717, 1.165) is 49.5 Å². The molecule has 5 heteroatoms. The van der Waals surface area contributed by atoms with Gasteiger partial charge in [0.05, 0.1) is 12.2 Å². The standard InChI is InChI=1S/C19H20N2O3/c22-18-21(13-19(24-18)12-20-8-6-15(19)7-9-20)16-10-17(23-11-16)14-4-2-1-3-5-14/h1-5,10-11,15H,6-9,12-13H2/t19-/m1/s1. The Balaban J connectivity index is 1.42. The lowest BCUT2D eigenvalue weighted by Crippen LogP contribution is -2.61. The summed E-state index contributed by atoms with van der Waals surface area (Å²) in [6, 6.07) is 11.9. The molecule has 4 aliphatic heterocycles. The van der Waals surface area contributed by atoms with Crippen LogP contribution < -0.4 is 4.90 Å². The highest BCUT2D eigenvalue weighted by molar-refractivity contribution is 5.91. The molecule has 6 rings (SSSR count). The van der Waals surface area contributed by atoms with Crippen LogP contribution in [0.2, 0.25) is 0 Å². The van der Waals surface area contributed by atoms with Crippen molar-refractivity contribution in [3.05, 3.63) is 42.7 Å². The molecule has 124 valence electrons. The Morgan fingerprint density at radius 2 is 1.88 bits per heavy atom. The summed E-state index contributed by atoms with van der Waals surface area (Å²) in [5.74, 6) is 1.25. The van der Waals surface area contributed by atoms with Crippen LogP contribution in [0.1, 0.15) is 12.8 Å². The molecule has 4 saturated heterocycles. The fourth-order valence-electron chi connectivity index (χ4n) is 4.43. The molecule has 0 unspecified atom stereocenters. The van der Waals surface area contributed by atoms with Crippen molar-refractivity contribution in [3.8, 4) is 11.3 Å². The number of nitrogens with zero attached hydrogens (tertiary/aromatic N) is 2. The van der Waals surface area contributed by atoms with Crippen molar-refractivity contribution in [2.75, 3.05) is 31.1 Å². The average molecular weight is 324 g/mol. The molecule has 5 nitrogen and oxygen atoms in total. The maximum Gasteiger partial charge on any atom is 0.415 e. The molecule has 1 atom stereocenters. The van der Waals surface area contributed by atoms with Crippen LogP contribution in [0, 0.1) is 5.92 Å². The molecule has 0 aliphatic carbocycles. The minimum atomic E-state index is -0.336. The van der Waals surface area contributed by atoms with E-state index in [-0.39, 0.29) is 11.7 Å². The SMILES string of the molecule is O=C1O[C@]2(CN3CCC2CC3)CN1c1coc(-c2ccccc2)c1. The zero-order valence-corrected chi connectivity index (χ0v) is 13.5. The molecule has 0 saturated carbocycles. The number of fused-ring (bicyclic) bond motifs is 2. The summed E-state index contributed by atoms with van der Waals surface area (Å²) in [6.07, 6.45) is 3.66. The fourth-order valence-corrected chi connectivity index (χ4v) is 4.43. The lowest BCUT2D eigenvalue weighted by molar-refractivity contribution is -0.0881. The normalized spacial score (nSPS) is 31.7. The summed E-state index contributed by atoms with van der Waals surface area (Å²) in [4.78, 5) is 16.7. The summed E-state index contributed by atoms with van der Waals surface area (Å²) < 4.78 is 11.6. The van der Waals surface area contributed by atoms with E-state index in [0.29, 0.717) is 12.5 Å². The second-order valence-electron chi connectivity index (χ2n) is 7.10. The lowest BCUT2D eigenvalue weighted by atomic mass is 9.75. The van der Waals surface area contributed by atoms with E-state index in [1.54, 1.807) is 11.2 Å². The van der Waals surface area contributed by atoms with Crippen LogP contribution in [-0.2, 0) is 4.74 Å². The van der Waals surface area contributed by atoms with Gasteiger partial charge in [-0.05, 0) is 25.9 Å². The van der Waals surface area contributed by atoms with Crippen LogP contribution in [0.4, 0.5) is 10.5 Å². The zero-order chi connectivity index (χ0) is 16.1. The van der Waals surface area contributed by atoms with E-state index in [2.05, 4.69) is 4.90 Å². The first kappa shape index (κ1) is 14.1. The molecule has 4 aliphatic rings. The van der Waals surface area contributed by atoms with Crippen molar-refractivity contribution in [1.29, 1.82) is 0 Å². The Kier molecular flexibility index (Phi) is 3.00. The van der Waals surface area contributed by atoms with Crippen molar-refractivity contribution in [2.45, 2.75) is 18.4 Å². The summed E-state index contributed by atoms with van der Waals surface area (Å²) in [5.41, 5.74) is 1.46. The molecular formula is C19H20N2O3. The number of hydrogen-bond donors (Lipinski definition) is 0. The van der Waals surface area contributed by atoms with Gasteiger partial charge in [0.25, 0.3) is 0 Å². The molecule has 5 heterocycles. The Morgan fingerprint density at radius 3 is 2.58 bits per heavy atom. The highest BCUT2D eigenvalue weighted by Crippen LogP contribution is 2.43. The molecule has 24 heavy (non-hydrogen) atoms. The molecular weight excluding hydrogens is 304 g/mol. The molecule has 0 radical (unpaired) electrons. The van der Waals surface area contributed by atoms with E-state index in [9.17, 15) is 4.79 Å². The predicted molar refractivity (Wildman–Crippen MR) is 89.9 cm³/mol. The topological polar surface area (TPSA) is 45.9 Å². The monoisotopic (exact) mass is 324 g/mol. The van der Waals surface area contributed by atoms with Gasteiger partial charge in [0.15, 0.2) is 0 Å². The number of carbonyl (C=O) groups is 1. The van der Waals surface area contributed by atoms with Crippen molar-refractivity contribution in [2.24, 2.45) is 5.92 Å². The number of carbonyl (C=O) groups excluding carboxylic acids is 1. The third kappa shape index (κ3) is 2.08. The van der Waals surface area contributed by atoms with Gasteiger partial charge in [-0.3, -0.25) is 9.80 Å². The number of amides is 1. The largest absolute Gasteiger partial charge is 0.462 e. The molecule has 2 aromatic rings. The Labute approximate surface area is 140 Å². The predicted octanol–water partition coefficient (Wildman–Crippen LogP) is 3.37. The maximum absolute atomic E-state index is 12.5. The molecule has 2 bridgehead atoms. The van der Waals surface area contributed by atoms with Gasteiger partial charge in [0.1, 0.15) is 17.6 Å². The number of rotatable bonds is 2. The molecule has 1 aromatic heterocycles. The van der Waals surface area contributed by atoms with E-state index >= 15 is 0 Å². The van der Waals surface area contributed by atoms with Gasteiger partial charge in [-0.15, -0.1) is 0 Å². The summed E-state index contributed by atoms with van der Waals surface area (Å²) in [6.45, 7) is 3.76. The van der Waals surface area contributed by atoms with Crippen molar-refractivity contribution < 1.29 is 13.9 Å². The fraction of sp³-hybridized carbons (Fsp3) is 0.421. The molecule has 0 N–H and O–H groups in total. The van der Waals surface area contributed by atoms with E-state index in [1.165, 1.54) is 0 Å². The highest BCUT2D eigenvalue weighted by atomic mass is 16.6. The van der Waals surface area contributed by atoms with Gasteiger partial charge in [0.2, 0.25) is 0 Å². The number of ether oxygens (including phenoxy) is 1. The first-order valence-corrected chi connectivity index (χ1v) is 8.60. The van der Waals surface area contributed by atoms with E-state index in [4.69, 9.17) is 9.15 Å². The third-order valence-corrected chi connectivity index (χ3v) is 5.72. The van der Waals surface area contributed by atoms with Crippen LogP contribution >= 0.6 is 0 Å². The van der Waals surface area contributed by atoms with Gasteiger partial charge < -0.3 is 9.15 Å². The van der Waals surface area contributed by atoms with Gasteiger partial charge in [-0.1, -0.05) is 30.3 Å². The Morgan fingerprint density at radius 1 is 1.08 bits per heavy atom. The van der Waals surface area contributed by atoms with Crippen molar-refractivity contribution in [3.63, 3.8) is 0 Å². The summed E-state index contributed by atoms with van der Waals surface area (Å²) >= 11 is 0. The smallest absolute Gasteiger partial charge is 0.415 e. The Hall–Kier alpha value is -2.27. The number of anilines is 1. The number of benzene rings is 1. The quantitative estimate of drug-likeness (QED) is 0.850. The van der Waals surface area contributed by atoms with Crippen LogP contribution in [-0.4, -0.2) is 42.8 Å². The van der Waals surface area contributed by atoms with Crippen LogP contribution in [0.25, 0.3) is 11.3 Å². The number of hydrogen-bond acceptors (Lipinski definition) is 4. The van der Waals surface area contributed by atoms with Crippen LogP contribution in [0.3, 0.4) is 0 Å². The second-order valence-corrected chi connectivity index (χ2v) is 7.10. The molecule has 1 aromatic carbocycles. The van der Waals surface area contributed by atoms with E-state index < -0.39 is 0 Å². The van der Waals surface area contributed by atoms with Crippen LogP contribution in [0.15, 0.2) is 47.1 Å². The maximum atomic E-state index is 12.5. The van der Waals surface area contributed by atoms with Gasteiger partial charge in [-0.25, -0.2) is 4.79 Å². The Bertz CT molecular complexity index is 764. The van der Waals surface area contributed by atoms with Gasteiger partial charge in [-0.2, -0.15) is 0 Å². The minimum Gasteiger partial charge on any atom is -0.462 e. The first-order valence-electron chi connectivity index (χ1n) is 8.60. The number of furan rings is 1. The average Bonchev–Trinajstić information content (AvgIpc) is 3.22. The summed E-state index contributed by atoms with van der Waals surface area (Å²) in [7, 11) is 0. The number of piperidine rings is 3. The van der Waals surface area contributed by atoms with Gasteiger partial charge in [0, 0.05) is 24.1 Å². The highest BCUT2D eigenvalue weighted by Gasteiger charge is 2.55. The second kappa shape index (κ2) is 5.11. The molecule has 4 fully saturated rings. The lowest BCUT2D eigenvalue weighted by Gasteiger charge is -2.49. The molecule has 1 spiro atoms. The van der Waals surface area contributed by atoms with E-state index in [1.807, 2.05) is 36.4 Å². The minimum absolute atomic E-state index is 0.246. The third-order valence-electron chi connectivity index (χ3n) is 5.72. The van der Waals surface area contributed by atoms with Gasteiger partial charge >= 0.3 is 6.09 Å². The van der Waals surface area contributed by atoms with Crippen LogP contribution in [0.5, 0.6) is 0 Å². The van der Waals surface area contributed by atoms with Crippen molar-refractivity contribution >= 4 is 11.8 Å². The first-order chi connectivity index (χ1) is 11.7.